The van der Waals surface area contributed by atoms with E-state index >= 15 is 0 Å². The van der Waals surface area contributed by atoms with E-state index in [4.69, 9.17) is 10.5 Å². The number of hydrogen-bond donors (Lipinski definition) is 3. The highest BCUT2D eigenvalue weighted by Gasteiger charge is 2.21. The Morgan fingerprint density at radius 3 is 2.55 bits per heavy atom. The van der Waals surface area contributed by atoms with Crippen molar-refractivity contribution in [3.05, 3.63) is 0 Å². The summed E-state index contributed by atoms with van der Waals surface area (Å²) >= 11 is 0. The number of carbonyl (C=O) groups is 2. The lowest BCUT2D eigenvalue weighted by Crippen LogP contribution is -2.49. The highest BCUT2D eigenvalue weighted by atomic mass is 35.5. The van der Waals surface area contributed by atoms with Gasteiger partial charge in [0.1, 0.15) is 0 Å². The van der Waals surface area contributed by atoms with Crippen molar-refractivity contribution in [3.63, 3.8) is 0 Å². The maximum atomic E-state index is 11.5. The Balaban J connectivity index is 0. The van der Waals surface area contributed by atoms with Gasteiger partial charge in [-0.25, -0.2) is 0 Å². The molecule has 7 nitrogen and oxygen atoms in total. The lowest BCUT2D eigenvalue weighted by molar-refractivity contribution is -0.126. The third-order valence-electron chi connectivity index (χ3n) is 3.00. The quantitative estimate of drug-likeness (QED) is 0.563. The number of carbonyl (C=O) groups excluding carboxylic acids is 2. The van der Waals surface area contributed by atoms with E-state index in [1.54, 1.807) is 0 Å². The lowest BCUT2D eigenvalue weighted by atomic mass is 10.2. The standard InChI is InChI=1S/C13H26N4O3.2ClH/c1-10(2)8-17-3-4-20-11(9-17)6-15-13(19)7-16-12(18)5-14;;/h10-11H,3-9,14H2,1-2H3,(H,15,19)(H,16,18);2*1H. The summed E-state index contributed by atoms with van der Waals surface area (Å²) in [4.78, 5) is 24.8. The molecule has 22 heavy (non-hydrogen) atoms. The molecule has 1 aliphatic rings. The highest BCUT2D eigenvalue weighted by molar-refractivity contribution is 5.86. The monoisotopic (exact) mass is 358 g/mol. The Morgan fingerprint density at radius 1 is 1.27 bits per heavy atom. The van der Waals surface area contributed by atoms with Crippen LogP contribution in [0.25, 0.3) is 0 Å². The Kier molecular flexibility index (Phi) is 13.9. The van der Waals surface area contributed by atoms with E-state index in [2.05, 4.69) is 29.4 Å². The maximum absolute atomic E-state index is 11.5. The molecule has 1 fully saturated rings. The number of nitrogens with one attached hydrogen (secondary N) is 2. The third-order valence-corrected chi connectivity index (χ3v) is 3.00. The number of nitrogens with two attached hydrogens (primary N) is 1. The van der Waals surface area contributed by atoms with Crippen LogP contribution in [-0.4, -0.2) is 68.7 Å². The molecule has 1 unspecified atom stereocenters. The number of amides is 2. The van der Waals surface area contributed by atoms with Crippen LogP contribution in [0.5, 0.6) is 0 Å². The summed E-state index contributed by atoms with van der Waals surface area (Å²) < 4.78 is 5.62. The minimum atomic E-state index is -0.336. The van der Waals surface area contributed by atoms with Crippen LogP contribution >= 0.6 is 24.8 Å². The molecule has 0 radical (unpaired) electrons. The van der Waals surface area contributed by atoms with Gasteiger partial charge in [0.05, 0.1) is 25.8 Å². The molecule has 0 aromatic rings. The molecule has 1 heterocycles. The fourth-order valence-corrected chi connectivity index (χ4v) is 2.13. The molecule has 0 aromatic heterocycles. The second-order valence-corrected chi connectivity index (χ2v) is 5.43. The number of ether oxygens (including phenoxy) is 1. The van der Waals surface area contributed by atoms with Gasteiger partial charge in [-0.05, 0) is 5.92 Å². The van der Waals surface area contributed by atoms with Crippen LogP contribution in [0.4, 0.5) is 0 Å². The molecule has 1 rings (SSSR count). The second-order valence-electron chi connectivity index (χ2n) is 5.43. The summed E-state index contributed by atoms with van der Waals surface area (Å²) in [5, 5.41) is 5.19. The van der Waals surface area contributed by atoms with Crippen molar-refractivity contribution in [1.29, 1.82) is 0 Å². The number of nitrogens with zero attached hydrogens (tertiary/aromatic N) is 1. The molecule has 1 saturated heterocycles. The van der Waals surface area contributed by atoms with Crippen molar-refractivity contribution in [2.75, 3.05) is 45.9 Å². The molecule has 0 bridgehead atoms. The largest absolute Gasteiger partial charge is 0.374 e. The predicted molar refractivity (Wildman–Crippen MR) is 90.6 cm³/mol. The van der Waals surface area contributed by atoms with E-state index in [9.17, 15) is 9.59 Å². The molecule has 0 saturated carbocycles. The van der Waals surface area contributed by atoms with E-state index < -0.39 is 0 Å². The fourth-order valence-electron chi connectivity index (χ4n) is 2.13. The number of morpholine rings is 1. The SMILES string of the molecule is CC(C)CN1CCOC(CNC(=O)CNC(=O)CN)C1.Cl.Cl. The van der Waals surface area contributed by atoms with Crippen LogP contribution in [0.3, 0.4) is 0 Å². The van der Waals surface area contributed by atoms with Gasteiger partial charge in [0.25, 0.3) is 0 Å². The lowest BCUT2D eigenvalue weighted by Gasteiger charge is -2.33. The summed E-state index contributed by atoms with van der Waals surface area (Å²) in [6.07, 6.45) is 0.0108. The first-order valence-corrected chi connectivity index (χ1v) is 7.08. The second kappa shape index (κ2) is 12.9. The highest BCUT2D eigenvalue weighted by Crippen LogP contribution is 2.07. The van der Waals surface area contributed by atoms with Gasteiger partial charge in [-0.15, -0.1) is 24.8 Å². The minimum Gasteiger partial charge on any atom is -0.374 e. The van der Waals surface area contributed by atoms with E-state index in [0.29, 0.717) is 19.1 Å². The summed E-state index contributed by atoms with van der Waals surface area (Å²) in [6.45, 7) is 8.19. The van der Waals surface area contributed by atoms with Crippen LogP contribution in [-0.2, 0) is 14.3 Å². The first kappa shape index (κ1) is 23.7. The average Bonchev–Trinajstić information content (AvgIpc) is 2.42. The van der Waals surface area contributed by atoms with Crippen molar-refractivity contribution in [1.82, 2.24) is 15.5 Å². The summed E-state index contributed by atoms with van der Waals surface area (Å²) in [5.41, 5.74) is 5.13. The normalized spacial score (nSPS) is 18.1. The zero-order valence-electron chi connectivity index (χ0n) is 13.2. The number of rotatable bonds is 7. The Labute approximate surface area is 144 Å². The van der Waals surface area contributed by atoms with Gasteiger partial charge in [0.15, 0.2) is 0 Å². The van der Waals surface area contributed by atoms with Gasteiger partial charge in [0.2, 0.25) is 11.8 Å². The van der Waals surface area contributed by atoms with Crippen LogP contribution < -0.4 is 16.4 Å². The first-order valence-electron chi connectivity index (χ1n) is 7.08. The van der Waals surface area contributed by atoms with Crippen LogP contribution in [0.1, 0.15) is 13.8 Å². The average molecular weight is 359 g/mol. The number of hydrogen-bond acceptors (Lipinski definition) is 5. The Bertz CT molecular complexity index is 332. The Hall–Kier alpha value is -0.600. The van der Waals surface area contributed by atoms with Crippen LogP contribution in [0, 0.1) is 5.92 Å². The van der Waals surface area contributed by atoms with Gasteiger partial charge in [0, 0.05) is 26.2 Å². The van der Waals surface area contributed by atoms with Gasteiger partial charge in [-0.3, -0.25) is 14.5 Å². The third kappa shape index (κ3) is 10.2. The minimum absolute atomic E-state index is 0. The van der Waals surface area contributed by atoms with Crippen molar-refractivity contribution in [2.24, 2.45) is 11.7 Å². The molecule has 4 N–H and O–H groups in total. The molecule has 1 aliphatic heterocycles. The van der Waals surface area contributed by atoms with Crippen molar-refractivity contribution in [3.8, 4) is 0 Å². The maximum Gasteiger partial charge on any atom is 0.239 e. The van der Waals surface area contributed by atoms with Gasteiger partial charge in [-0.2, -0.15) is 0 Å². The zero-order valence-corrected chi connectivity index (χ0v) is 14.8. The van der Waals surface area contributed by atoms with Crippen molar-refractivity contribution in [2.45, 2.75) is 20.0 Å². The molecule has 2 amide bonds. The first-order chi connectivity index (χ1) is 9.51. The molecule has 1 atom stereocenters. The smallest absolute Gasteiger partial charge is 0.239 e. The topological polar surface area (TPSA) is 96.7 Å². The van der Waals surface area contributed by atoms with E-state index in [1.807, 2.05) is 0 Å². The van der Waals surface area contributed by atoms with Crippen LogP contribution in [0.15, 0.2) is 0 Å². The van der Waals surface area contributed by atoms with E-state index in [1.165, 1.54) is 0 Å². The number of halogens is 2. The zero-order chi connectivity index (χ0) is 15.0. The van der Waals surface area contributed by atoms with Crippen molar-refractivity contribution >= 4 is 36.6 Å². The molecule has 9 heteroatoms. The van der Waals surface area contributed by atoms with Gasteiger partial charge < -0.3 is 21.1 Å². The Morgan fingerprint density at radius 2 is 1.95 bits per heavy atom. The summed E-state index contributed by atoms with van der Waals surface area (Å²) in [5.74, 6) is 0.0587. The summed E-state index contributed by atoms with van der Waals surface area (Å²) in [6, 6.07) is 0. The van der Waals surface area contributed by atoms with E-state index in [0.717, 1.165) is 19.6 Å². The van der Waals surface area contributed by atoms with E-state index in [-0.39, 0.29) is 55.8 Å². The fraction of sp³-hybridized carbons (Fsp3) is 0.846. The molecule has 132 valence electrons. The van der Waals surface area contributed by atoms with Crippen LogP contribution in [0.2, 0.25) is 0 Å². The predicted octanol–water partition coefficient (Wildman–Crippen LogP) is -0.622. The van der Waals surface area contributed by atoms with Gasteiger partial charge >= 0.3 is 0 Å². The molecule has 0 spiro atoms. The van der Waals surface area contributed by atoms with Gasteiger partial charge in [-0.1, -0.05) is 13.8 Å². The molecule has 0 aromatic carbocycles. The molecular weight excluding hydrogens is 331 g/mol. The van der Waals surface area contributed by atoms with Crippen molar-refractivity contribution < 1.29 is 14.3 Å². The summed E-state index contributed by atoms with van der Waals surface area (Å²) in [7, 11) is 0. The molecular formula is C13H28Cl2N4O3. The molecule has 0 aliphatic carbocycles.